The van der Waals surface area contributed by atoms with Crippen molar-refractivity contribution in [1.29, 1.82) is 0 Å². The Morgan fingerprint density at radius 3 is 2.93 bits per heavy atom. The van der Waals surface area contributed by atoms with Crippen molar-refractivity contribution >= 4 is 5.91 Å². The second-order valence-electron chi connectivity index (χ2n) is 7.54. The van der Waals surface area contributed by atoms with Crippen LogP contribution in [0.1, 0.15) is 30.0 Å². The first-order valence-electron chi connectivity index (χ1n) is 9.90. The van der Waals surface area contributed by atoms with Crippen LogP contribution in [-0.4, -0.2) is 53.6 Å². The van der Waals surface area contributed by atoms with E-state index in [2.05, 4.69) is 25.1 Å². The molecular formula is C20H23N7O3. The first-order valence-corrected chi connectivity index (χ1v) is 9.90. The molecule has 4 heterocycles. The number of hydrogen-bond acceptors (Lipinski definition) is 8. The molecule has 1 amide bonds. The van der Waals surface area contributed by atoms with E-state index in [4.69, 9.17) is 4.52 Å². The maximum Gasteiger partial charge on any atom is 0.256 e. The fraction of sp³-hybridized carbons (Fsp3) is 0.450. The summed E-state index contributed by atoms with van der Waals surface area (Å²) in [6.07, 6.45) is 8.63. The molecule has 0 unspecified atom stereocenters. The van der Waals surface area contributed by atoms with Gasteiger partial charge in [0, 0.05) is 43.2 Å². The van der Waals surface area contributed by atoms with Crippen molar-refractivity contribution in [3.8, 4) is 11.5 Å². The van der Waals surface area contributed by atoms with Gasteiger partial charge >= 0.3 is 0 Å². The molecular weight excluding hydrogens is 386 g/mol. The highest BCUT2D eigenvalue weighted by atomic mass is 16.5. The minimum atomic E-state index is -0.174. The van der Waals surface area contributed by atoms with Crippen LogP contribution in [0.3, 0.4) is 0 Å². The molecule has 1 aliphatic heterocycles. The largest absolute Gasteiger partial charge is 0.341 e. The predicted molar refractivity (Wildman–Crippen MR) is 106 cm³/mol. The van der Waals surface area contributed by atoms with Gasteiger partial charge in [-0.15, -0.1) is 0 Å². The molecule has 30 heavy (non-hydrogen) atoms. The molecule has 3 aromatic heterocycles. The lowest BCUT2D eigenvalue weighted by atomic mass is 9.94. The van der Waals surface area contributed by atoms with Crippen LogP contribution in [0, 0.1) is 19.8 Å². The number of hydrogen-bond donors (Lipinski definition) is 0. The Hall–Kier alpha value is -3.43. The van der Waals surface area contributed by atoms with Crippen LogP contribution >= 0.6 is 0 Å². The van der Waals surface area contributed by atoms with Gasteiger partial charge in [-0.2, -0.15) is 4.98 Å². The molecule has 1 saturated heterocycles. The van der Waals surface area contributed by atoms with Gasteiger partial charge in [0.15, 0.2) is 0 Å². The minimum Gasteiger partial charge on any atom is -0.341 e. The minimum absolute atomic E-state index is 0.00292. The molecule has 0 saturated carbocycles. The monoisotopic (exact) mass is 409 g/mol. The third kappa shape index (κ3) is 4.27. The molecule has 0 N–H and O–H groups in total. The van der Waals surface area contributed by atoms with Gasteiger partial charge in [0.1, 0.15) is 12.2 Å². The molecule has 0 radical (unpaired) electrons. The average molecular weight is 409 g/mol. The van der Waals surface area contributed by atoms with Gasteiger partial charge in [-0.05, 0) is 32.6 Å². The van der Waals surface area contributed by atoms with E-state index < -0.39 is 0 Å². The van der Waals surface area contributed by atoms with Crippen molar-refractivity contribution < 1.29 is 9.32 Å². The van der Waals surface area contributed by atoms with Crippen molar-refractivity contribution in [3.05, 3.63) is 52.4 Å². The standard InChI is InChI=1S/C20H23N7O3/c1-13-14(2)23-12-27(20(13)29)11-18(28)26-7-3-4-15(10-26)8-17-24-19(25-30-17)16-9-21-5-6-22-16/h5-6,9,12,15H,3-4,7-8,10-11H2,1-2H3/t15-/m1/s1. The van der Waals surface area contributed by atoms with Crippen molar-refractivity contribution in [2.24, 2.45) is 5.92 Å². The normalized spacial score (nSPS) is 16.6. The third-order valence-electron chi connectivity index (χ3n) is 5.42. The smallest absolute Gasteiger partial charge is 0.256 e. The lowest BCUT2D eigenvalue weighted by molar-refractivity contribution is -0.133. The van der Waals surface area contributed by atoms with Crippen LogP contribution in [-0.2, 0) is 17.8 Å². The number of carbonyl (C=O) groups is 1. The van der Waals surface area contributed by atoms with E-state index in [1.54, 1.807) is 37.3 Å². The van der Waals surface area contributed by atoms with Crippen molar-refractivity contribution in [2.45, 2.75) is 39.7 Å². The maximum absolute atomic E-state index is 12.8. The molecule has 1 atom stereocenters. The van der Waals surface area contributed by atoms with Crippen molar-refractivity contribution in [2.75, 3.05) is 13.1 Å². The highest BCUT2D eigenvalue weighted by Gasteiger charge is 2.26. The van der Waals surface area contributed by atoms with Gasteiger partial charge in [0.2, 0.25) is 17.6 Å². The fourth-order valence-corrected chi connectivity index (χ4v) is 3.60. The summed E-state index contributed by atoms with van der Waals surface area (Å²) in [7, 11) is 0. The lowest BCUT2D eigenvalue weighted by Gasteiger charge is -2.32. The molecule has 0 spiro atoms. The molecule has 4 rings (SSSR count). The zero-order chi connectivity index (χ0) is 21.1. The summed E-state index contributed by atoms with van der Waals surface area (Å²) < 4.78 is 6.74. The van der Waals surface area contributed by atoms with E-state index in [0.717, 1.165) is 12.8 Å². The number of rotatable bonds is 5. The van der Waals surface area contributed by atoms with Crippen LogP contribution in [0.15, 0.2) is 34.2 Å². The maximum atomic E-state index is 12.8. The summed E-state index contributed by atoms with van der Waals surface area (Å²) in [6, 6.07) is 0. The Kier molecular flexibility index (Phi) is 5.64. The zero-order valence-electron chi connectivity index (χ0n) is 17.0. The Balaban J connectivity index is 1.39. The Morgan fingerprint density at radius 2 is 2.13 bits per heavy atom. The number of amides is 1. The van der Waals surface area contributed by atoms with Crippen LogP contribution in [0.25, 0.3) is 11.5 Å². The molecule has 3 aromatic rings. The molecule has 0 aromatic carbocycles. The average Bonchev–Trinajstić information content (AvgIpc) is 3.23. The van der Waals surface area contributed by atoms with Gasteiger partial charge in [0.25, 0.3) is 5.56 Å². The molecule has 10 heteroatoms. The summed E-state index contributed by atoms with van der Waals surface area (Å²) in [5.74, 6) is 1.05. The first kappa shape index (κ1) is 19.9. The Labute approximate surface area is 173 Å². The van der Waals surface area contributed by atoms with E-state index in [0.29, 0.717) is 48.2 Å². The summed E-state index contributed by atoms with van der Waals surface area (Å²) in [5, 5.41) is 3.97. The lowest BCUT2D eigenvalue weighted by Crippen LogP contribution is -2.43. The molecule has 0 aliphatic carbocycles. The summed E-state index contributed by atoms with van der Waals surface area (Å²) >= 11 is 0. The number of carbonyl (C=O) groups excluding carboxylic acids is 1. The van der Waals surface area contributed by atoms with Crippen LogP contribution in [0.5, 0.6) is 0 Å². The highest BCUT2D eigenvalue weighted by Crippen LogP contribution is 2.21. The predicted octanol–water partition coefficient (Wildman–Crippen LogP) is 1.18. The summed E-state index contributed by atoms with van der Waals surface area (Å²) in [5.41, 5.74) is 1.63. The quantitative estimate of drug-likeness (QED) is 0.616. The summed E-state index contributed by atoms with van der Waals surface area (Å²) in [4.78, 5) is 43.7. The fourth-order valence-electron chi connectivity index (χ4n) is 3.60. The second-order valence-corrected chi connectivity index (χ2v) is 7.54. The van der Waals surface area contributed by atoms with Crippen LogP contribution in [0.2, 0.25) is 0 Å². The molecule has 0 bridgehead atoms. The van der Waals surface area contributed by atoms with Gasteiger partial charge in [0.05, 0.1) is 12.5 Å². The topological polar surface area (TPSA) is 120 Å². The SMILES string of the molecule is Cc1ncn(CC(=O)N2CCC[C@H](Cc3nc(-c4cnccn4)no3)C2)c(=O)c1C. The van der Waals surface area contributed by atoms with Crippen molar-refractivity contribution in [1.82, 2.24) is 34.6 Å². The number of likely N-dealkylation sites (tertiary alicyclic amines) is 1. The van der Waals surface area contributed by atoms with E-state index in [1.807, 2.05) is 0 Å². The Morgan fingerprint density at radius 1 is 1.27 bits per heavy atom. The number of nitrogens with zero attached hydrogens (tertiary/aromatic N) is 7. The van der Waals surface area contributed by atoms with E-state index in [-0.39, 0.29) is 23.9 Å². The highest BCUT2D eigenvalue weighted by molar-refractivity contribution is 5.76. The molecule has 1 aliphatic rings. The van der Waals surface area contributed by atoms with E-state index in [9.17, 15) is 9.59 Å². The van der Waals surface area contributed by atoms with E-state index >= 15 is 0 Å². The number of piperidine rings is 1. The summed E-state index contributed by atoms with van der Waals surface area (Å²) in [6.45, 7) is 4.77. The zero-order valence-corrected chi connectivity index (χ0v) is 17.0. The van der Waals surface area contributed by atoms with Crippen molar-refractivity contribution in [3.63, 3.8) is 0 Å². The molecule has 10 nitrogen and oxygen atoms in total. The number of aryl methyl sites for hydroxylation is 1. The third-order valence-corrected chi connectivity index (χ3v) is 5.42. The second kappa shape index (κ2) is 8.52. The Bertz CT molecular complexity index is 1090. The number of aromatic nitrogens is 6. The van der Waals surface area contributed by atoms with Gasteiger partial charge in [-0.3, -0.25) is 19.1 Å². The van der Waals surface area contributed by atoms with E-state index in [1.165, 1.54) is 10.9 Å². The van der Waals surface area contributed by atoms with Crippen LogP contribution < -0.4 is 5.56 Å². The molecule has 156 valence electrons. The van der Waals surface area contributed by atoms with Gasteiger partial charge in [-0.25, -0.2) is 9.97 Å². The van der Waals surface area contributed by atoms with Crippen LogP contribution in [0.4, 0.5) is 0 Å². The first-order chi connectivity index (χ1) is 14.5. The van der Waals surface area contributed by atoms with Gasteiger partial charge in [-0.1, -0.05) is 5.16 Å². The van der Waals surface area contributed by atoms with Gasteiger partial charge < -0.3 is 9.42 Å². The molecule has 1 fully saturated rings.